The Balaban J connectivity index is 1.78. The number of aliphatic hydroxyl groups is 1. The highest BCUT2D eigenvalue weighted by atomic mass is 16.3. The van der Waals surface area contributed by atoms with E-state index in [0.717, 1.165) is 19.4 Å². The van der Waals surface area contributed by atoms with E-state index in [1.807, 2.05) is 0 Å². The van der Waals surface area contributed by atoms with Gasteiger partial charge in [0.25, 0.3) is 0 Å². The summed E-state index contributed by atoms with van der Waals surface area (Å²) in [7, 11) is 1.75. The van der Waals surface area contributed by atoms with Crippen molar-refractivity contribution in [1.82, 2.24) is 25.5 Å². The van der Waals surface area contributed by atoms with E-state index in [-0.39, 0.29) is 12.0 Å². The van der Waals surface area contributed by atoms with E-state index < -0.39 is 0 Å². The van der Waals surface area contributed by atoms with Gasteiger partial charge in [-0.25, -0.2) is 0 Å². The highest BCUT2D eigenvalue weighted by molar-refractivity contribution is 4.87. The van der Waals surface area contributed by atoms with Crippen molar-refractivity contribution in [2.45, 2.75) is 32.2 Å². The van der Waals surface area contributed by atoms with E-state index in [1.54, 1.807) is 7.05 Å². The van der Waals surface area contributed by atoms with Crippen molar-refractivity contribution in [3.05, 3.63) is 5.82 Å². The van der Waals surface area contributed by atoms with E-state index in [0.29, 0.717) is 12.4 Å². The Morgan fingerprint density at radius 1 is 1.44 bits per heavy atom. The summed E-state index contributed by atoms with van der Waals surface area (Å²) < 4.78 is 0. The van der Waals surface area contributed by atoms with Crippen molar-refractivity contribution in [2.24, 2.45) is 12.5 Å². The average molecular weight is 225 g/mol. The fourth-order valence-electron chi connectivity index (χ4n) is 2.35. The molecule has 2 rings (SSSR count). The SMILES string of the molecule is Cn1nnc(CNCC2(CO)CCCC2)n1. The smallest absolute Gasteiger partial charge is 0.188 e. The molecule has 16 heavy (non-hydrogen) atoms. The molecule has 1 aliphatic carbocycles. The molecule has 1 aromatic heterocycles. The van der Waals surface area contributed by atoms with Crippen molar-refractivity contribution in [3.8, 4) is 0 Å². The van der Waals surface area contributed by atoms with Crippen molar-refractivity contribution >= 4 is 0 Å². The van der Waals surface area contributed by atoms with Gasteiger partial charge in [-0.15, -0.1) is 10.2 Å². The van der Waals surface area contributed by atoms with E-state index in [4.69, 9.17) is 0 Å². The van der Waals surface area contributed by atoms with Gasteiger partial charge in [0.2, 0.25) is 0 Å². The van der Waals surface area contributed by atoms with Crippen molar-refractivity contribution in [1.29, 1.82) is 0 Å². The van der Waals surface area contributed by atoms with Gasteiger partial charge in [0.1, 0.15) is 0 Å². The highest BCUT2D eigenvalue weighted by Gasteiger charge is 2.32. The summed E-state index contributed by atoms with van der Waals surface area (Å²) >= 11 is 0. The molecule has 1 fully saturated rings. The van der Waals surface area contributed by atoms with Gasteiger partial charge in [-0.2, -0.15) is 4.80 Å². The van der Waals surface area contributed by atoms with Crippen LogP contribution in [-0.2, 0) is 13.6 Å². The Morgan fingerprint density at radius 2 is 2.19 bits per heavy atom. The molecule has 1 heterocycles. The molecule has 6 nitrogen and oxygen atoms in total. The van der Waals surface area contributed by atoms with Gasteiger partial charge >= 0.3 is 0 Å². The Labute approximate surface area is 95.0 Å². The predicted molar refractivity (Wildman–Crippen MR) is 58.5 cm³/mol. The first kappa shape index (κ1) is 11.5. The molecule has 1 saturated carbocycles. The van der Waals surface area contributed by atoms with Crippen molar-refractivity contribution in [3.63, 3.8) is 0 Å². The van der Waals surface area contributed by atoms with Crippen LogP contribution in [0.5, 0.6) is 0 Å². The number of hydrogen-bond acceptors (Lipinski definition) is 5. The van der Waals surface area contributed by atoms with Gasteiger partial charge in [-0.1, -0.05) is 12.8 Å². The summed E-state index contributed by atoms with van der Waals surface area (Å²) in [6.45, 7) is 1.73. The first-order valence-corrected chi connectivity index (χ1v) is 5.79. The van der Waals surface area contributed by atoms with Crippen LogP contribution >= 0.6 is 0 Å². The van der Waals surface area contributed by atoms with Crippen LogP contribution in [0.2, 0.25) is 0 Å². The molecule has 6 heteroatoms. The fraction of sp³-hybridized carbons (Fsp3) is 0.900. The maximum atomic E-state index is 9.43. The van der Waals surface area contributed by atoms with Gasteiger partial charge in [0.15, 0.2) is 5.82 Å². The molecule has 0 bridgehead atoms. The quantitative estimate of drug-likeness (QED) is 0.729. The molecular formula is C10H19N5O. The first-order valence-electron chi connectivity index (χ1n) is 5.79. The van der Waals surface area contributed by atoms with Crippen LogP contribution in [0.3, 0.4) is 0 Å². The van der Waals surface area contributed by atoms with Crippen LogP contribution in [0.4, 0.5) is 0 Å². The van der Waals surface area contributed by atoms with Crippen LogP contribution in [0.15, 0.2) is 0 Å². The third kappa shape index (κ3) is 2.56. The van der Waals surface area contributed by atoms with E-state index in [9.17, 15) is 5.11 Å². The molecule has 0 amide bonds. The number of aryl methyl sites for hydroxylation is 1. The van der Waals surface area contributed by atoms with Crippen LogP contribution in [-0.4, -0.2) is 38.5 Å². The molecule has 0 saturated heterocycles. The molecule has 0 aliphatic heterocycles. The van der Waals surface area contributed by atoms with Crippen LogP contribution in [0.25, 0.3) is 0 Å². The molecule has 1 aliphatic rings. The zero-order chi connectivity index (χ0) is 11.4. The molecular weight excluding hydrogens is 206 g/mol. The van der Waals surface area contributed by atoms with Gasteiger partial charge in [0.05, 0.1) is 13.6 Å². The van der Waals surface area contributed by atoms with E-state index in [1.165, 1.54) is 17.6 Å². The van der Waals surface area contributed by atoms with Gasteiger partial charge < -0.3 is 10.4 Å². The lowest BCUT2D eigenvalue weighted by molar-refractivity contribution is 0.128. The number of nitrogens with one attached hydrogen (secondary N) is 1. The summed E-state index contributed by atoms with van der Waals surface area (Å²) in [5.41, 5.74) is 0.0855. The second kappa shape index (κ2) is 4.88. The Kier molecular flexibility index (Phi) is 3.50. The highest BCUT2D eigenvalue weighted by Crippen LogP contribution is 2.36. The summed E-state index contributed by atoms with van der Waals surface area (Å²) in [5.74, 6) is 0.702. The van der Waals surface area contributed by atoms with Gasteiger partial charge in [0, 0.05) is 18.6 Å². The second-order valence-corrected chi connectivity index (χ2v) is 4.66. The molecule has 0 aromatic carbocycles. The minimum atomic E-state index is 0.0855. The van der Waals surface area contributed by atoms with E-state index in [2.05, 4.69) is 20.7 Å². The van der Waals surface area contributed by atoms with Crippen LogP contribution in [0, 0.1) is 5.41 Å². The third-order valence-corrected chi connectivity index (χ3v) is 3.33. The van der Waals surface area contributed by atoms with Gasteiger partial charge in [-0.3, -0.25) is 0 Å². The van der Waals surface area contributed by atoms with Crippen LogP contribution < -0.4 is 5.32 Å². The predicted octanol–water partition coefficient (Wildman–Crippen LogP) is -0.148. The second-order valence-electron chi connectivity index (χ2n) is 4.66. The standard InChI is InChI=1S/C10H19N5O/c1-15-13-9(12-14-15)6-11-7-10(8-16)4-2-3-5-10/h11,16H,2-8H2,1H3. The monoisotopic (exact) mass is 225 g/mol. The molecule has 0 unspecified atom stereocenters. The van der Waals surface area contributed by atoms with Crippen molar-refractivity contribution < 1.29 is 5.11 Å². The lowest BCUT2D eigenvalue weighted by Gasteiger charge is -2.26. The number of tetrazole rings is 1. The third-order valence-electron chi connectivity index (χ3n) is 3.33. The lowest BCUT2D eigenvalue weighted by atomic mass is 9.87. The van der Waals surface area contributed by atoms with E-state index >= 15 is 0 Å². The Morgan fingerprint density at radius 3 is 2.75 bits per heavy atom. The zero-order valence-electron chi connectivity index (χ0n) is 9.69. The number of aromatic nitrogens is 4. The molecule has 90 valence electrons. The number of hydrogen-bond donors (Lipinski definition) is 2. The zero-order valence-corrected chi connectivity index (χ0v) is 9.69. The van der Waals surface area contributed by atoms with Crippen LogP contribution in [0.1, 0.15) is 31.5 Å². The molecule has 0 spiro atoms. The number of aliphatic hydroxyl groups excluding tert-OH is 1. The molecule has 0 atom stereocenters. The average Bonchev–Trinajstić information content (AvgIpc) is 2.89. The number of nitrogens with zero attached hydrogens (tertiary/aromatic N) is 4. The number of rotatable bonds is 5. The Hall–Kier alpha value is -1.01. The fourth-order valence-corrected chi connectivity index (χ4v) is 2.35. The molecule has 2 N–H and O–H groups in total. The largest absolute Gasteiger partial charge is 0.396 e. The molecule has 0 radical (unpaired) electrons. The summed E-state index contributed by atoms with van der Waals surface area (Å²) in [6, 6.07) is 0. The minimum Gasteiger partial charge on any atom is -0.396 e. The summed E-state index contributed by atoms with van der Waals surface area (Å²) in [5, 5.41) is 24.5. The summed E-state index contributed by atoms with van der Waals surface area (Å²) in [6.07, 6.45) is 4.69. The summed E-state index contributed by atoms with van der Waals surface area (Å²) in [4.78, 5) is 1.45. The van der Waals surface area contributed by atoms with Crippen molar-refractivity contribution in [2.75, 3.05) is 13.2 Å². The maximum Gasteiger partial charge on any atom is 0.188 e. The van der Waals surface area contributed by atoms with Gasteiger partial charge in [-0.05, 0) is 18.1 Å². The maximum absolute atomic E-state index is 9.43. The topological polar surface area (TPSA) is 75.9 Å². The lowest BCUT2D eigenvalue weighted by Crippen LogP contribution is -2.35. The Bertz CT molecular complexity index is 332. The first-order chi connectivity index (χ1) is 7.74. The molecule has 1 aromatic rings. The normalized spacial score (nSPS) is 19.1. The minimum absolute atomic E-state index is 0.0855.